The number of nitrogens with two attached hydrogens (primary N) is 1. The smallest absolute Gasteiger partial charge is 0.272 e. The molecule has 1 aliphatic carbocycles. The van der Waals surface area contributed by atoms with Gasteiger partial charge in [-0.2, -0.15) is 5.10 Å². The summed E-state index contributed by atoms with van der Waals surface area (Å²) in [6.45, 7) is 0.614. The first-order chi connectivity index (χ1) is 9.78. The van der Waals surface area contributed by atoms with Crippen molar-refractivity contribution in [2.24, 2.45) is 11.7 Å². The van der Waals surface area contributed by atoms with E-state index in [1.165, 1.54) is 0 Å². The van der Waals surface area contributed by atoms with Crippen molar-refractivity contribution in [3.63, 3.8) is 0 Å². The standard InChI is InChI=1S/C14H18N4O2/c15-8-9-3-1-4-10(9)16-14(19)12-7-11(17-18-12)13-5-2-6-20-13/h2,5-7,9-10H,1,3-4,8,15H2,(H,16,19)(H,17,18). The van der Waals surface area contributed by atoms with Crippen molar-refractivity contribution in [2.75, 3.05) is 6.54 Å². The molecule has 0 spiro atoms. The maximum atomic E-state index is 12.2. The van der Waals surface area contributed by atoms with Crippen LogP contribution in [0.5, 0.6) is 0 Å². The fraction of sp³-hybridized carbons (Fsp3) is 0.429. The minimum atomic E-state index is -0.163. The molecule has 1 aliphatic rings. The largest absolute Gasteiger partial charge is 0.463 e. The quantitative estimate of drug-likeness (QED) is 0.787. The Bertz CT molecular complexity index is 576. The van der Waals surface area contributed by atoms with E-state index in [1.807, 2.05) is 6.07 Å². The molecule has 0 saturated heterocycles. The van der Waals surface area contributed by atoms with Crippen LogP contribution < -0.4 is 11.1 Å². The molecule has 2 aromatic heterocycles. The maximum Gasteiger partial charge on any atom is 0.272 e. The van der Waals surface area contributed by atoms with E-state index in [0.29, 0.717) is 29.6 Å². The van der Waals surface area contributed by atoms with Crippen molar-refractivity contribution in [1.82, 2.24) is 15.5 Å². The predicted molar refractivity (Wildman–Crippen MR) is 73.9 cm³/mol. The first-order valence-electron chi connectivity index (χ1n) is 6.88. The van der Waals surface area contributed by atoms with E-state index >= 15 is 0 Å². The number of aromatic amines is 1. The number of amides is 1. The SMILES string of the molecule is NCC1CCCC1NC(=O)c1cc(-c2ccco2)[nH]n1. The zero-order chi connectivity index (χ0) is 13.9. The maximum absolute atomic E-state index is 12.2. The summed E-state index contributed by atoms with van der Waals surface area (Å²) in [4.78, 5) is 12.2. The number of H-pyrrole nitrogens is 1. The number of carbonyl (C=O) groups excluding carboxylic acids is 1. The van der Waals surface area contributed by atoms with E-state index in [2.05, 4.69) is 15.5 Å². The minimum absolute atomic E-state index is 0.163. The van der Waals surface area contributed by atoms with Gasteiger partial charge >= 0.3 is 0 Å². The second-order valence-corrected chi connectivity index (χ2v) is 5.15. The lowest BCUT2D eigenvalue weighted by Crippen LogP contribution is -2.40. The number of carbonyl (C=O) groups is 1. The third-order valence-electron chi connectivity index (χ3n) is 3.88. The molecular weight excluding hydrogens is 256 g/mol. The summed E-state index contributed by atoms with van der Waals surface area (Å²) in [5.41, 5.74) is 6.79. The van der Waals surface area contributed by atoms with Crippen molar-refractivity contribution < 1.29 is 9.21 Å². The molecule has 2 atom stereocenters. The van der Waals surface area contributed by atoms with Gasteiger partial charge in [0.05, 0.1) is 6.26 Å². The Hall–Kier alpha value is -2.08. The minimum Gasteiger partial charge on any atom is -0.463 e. The molecule has 20 heavy (non-hydrogen) atoms. The third kappa shape index (κ3) is 2.46. The molecule has 0 aliphatic heterocycles. The zero-order valence-corrected chi connectivity index (χ0v) is 11.1. The monoisotopic (exact) mass is 274 g/mol. The Balaban J connectivity index is 1.68. The molecule has 2 aromatic rings. The van der Waals surface area contributed by atoms with Crippen molar-refractivity contribution in [1.29, 1.82) is 0 Å². The van der Waals surface area contributed by atoms with Crippen LogP contribution in [0, 0.1) is 5.92 Å². The summed E-state index contributed by atoms with van der Waals surface area (Å²) in [5, 5.41) is 9.87. The number of rotatable bonds is 4. The van der Waals surface area contributed by atoms with Crippen molar-refractivity contribution in [3.05, 3.63) is 30.2 Å². The molecule has 0 bridgehead atoms. The van der Waals surface area contributed by atoms with E-state index in [9.17, 15) is 4.79 Å². The molecular formula is C14H18N4O2. The molecule has 1 saturated carbocycles. The molecule has 2 unspecified atom stereocenters. The topological polar surface area (TPSA) is 96.9 Å². The molecule has 4 N–H and O–H groups in total. The fourth-order valence-electron chi connectivity index (χ4n) is 2.75. The average molecular weight is 274 g/mol. The van der Waals surface area contributed by atoms with Gasteiger partial charge in [0.25, 0.3) is 5.91 Å². The lowest BCUT2D eigenvalue weighted by atomic mass is 10.0. The lowest BCUT2D eigenvalue weighted by Gasteiger charge is -2.18. The predicted octanol–water partition coefficient (Wildman–Crippen LogP) is 1.53. The number of nitrogens with one attached hydrogen (secondary N) is 2. The van der Waals surface area contributed by atoms with Gasteiger partial charge in [0.15, 0.2) is 11.5 Å². The van der Waals surface area contributed by atoms with Crippen molar-refractivity contribution >= 4 is 5.91 Å². The van der Waals surface area contributed by atoms with Gasteiger partial charge in [-0.15, -0.1) is 0 Å². The van der Waals surface area contributed by atoms with E-state index < -0.39 is 0 Å². The van der Waals surface area contributed by atoms with Gasteiger partial charge in [0, 0.05) is 12.1 Å². The normalized spacial score (nSPS) is 22.1. The third-order valence-corrected chi connectivity index (χ3v) is 3.88. The van der Waals surface area contributed by atoms with E-state index in [-0.39, 0.29) is 11.9 Å². The van der Waals surface area contributed by atoms with E-state index in [4.69, 9.17) is 10.2 Å². The second kappa shape index (κ2) is 5.50. The highest BCUT2D eigenvalue weighted by atomic mass is 16.3. The average Bonchev–Trinajstić information content (AvgIpc) is 3.19. The highest BCUT2D eigenvalue weighted by Crippen LogP contribution is 2.25. The Labute approximate surface area is 116 Å². The molecule has 3 rings (SSSR count). The summed E-state index contributed by atoms with van der Waals surface area (Å²) in [6, 6.07) is 5.47. The van der Waals surface area contributed by atoms with Gasteiger partial charge in [-0.05, 0) is 37.4 Å². The van der Waals surface area contributed by atoms with Gasteiger partial charge in [-0.3, -0.25) is 9.89 Å². The highest BCUT2D eigenvalue weighted by Gasteiger charge is 2.28. The molecule has 1 amide bonds. The van der Waals surface area contributed by atoms with Crippen LogP contribution in [0.15, 0.2) is 28.9 Å². The summed E-state index contributed by atoms with van der Waals surface area (Å²) in [6.07, 6.45) is 4.77. The highest BCUT2D eigenvalue weighted by molar-refractivity contribution is 5.93. The van der Waals surface area contributed by atoms with Crippen LogP contribution in [-0.4, -0.2) is 28.7 Å². The van der Waals surface area contributed by atoms with Gasteiger partial charge in [0.1, 0.15) is 5.69 Å². The summed E-state index contributed by atoms with van der Waals surface area (Å²) >= 11 is 0. The molecule has 1 fully saturated rings. The van der Waals surface area contributed by atoms with Crippen molar-refractivity contribution in [2.45, 2.75) is 25.3 Å². The summed E-state index contributed by atoms with van der Waals surface area (Å²) < 4.78 is 5.26. The van der Waals surface area contributed by atoms with Gasteiger partial charge in [-0.1, -0.05) is 6.42 Å². The van der Waals surface area contributed by atoms with Gasteiger partial charge in [-0.25, -0.2) is 0 Å². The summed E-state index contributed by atoms with van der Waals surface area (Å²) in [7, 11) is 0. The van der Waals surface area contributed by atoms with Crippen LogP contribution in [-0.2, 0) is 0 Å². The number of hydrogen-bond acceptors (Lipinski definition) is 4. The van der Waals surface area contributed by atoms with Gasteiger partial charge < -0.3 is 15.5 Å². The van der Waals surface area contributed by atoms with Gasteiger partial charge in [0.2, 0.25) is 0 Å². The Morgan fingerprint density at radius 1 is 1.55 bits per heavy atom. The molecule has 0 radical (unpaired) electrons. The molecule has 2 heterocycles. The Morgan fingerprint density at radius 2 is 2.45 bits per heavy atom. The van der Waals surface area contributed by atoms with Crippen LogP contribution in [0.2, 0.25) is 0 Å². The Kier molecular flexibility index (Phi) is 3.56. The fourth-order valence-corrected chi connectivity index (χ4v) is 2.75. The van der Waals surface area contributed by atoms with Crippen LogP contribution in [0.3, 0.4) is 0 Å². The second-order valence-electron chi connectivity index (χ2n) is 5.15. The van der Waals surface area contributed by atoms with E-state index in [0.717, 1.165) is 19.3 Å². The first-order valence-corrected chi connectivity index (χ1v) is 6.88. The molecule has 0 aromatic carbocycles. The van der Waals surface area contributed by atoms with Crippen LogP contribution in [0.1, 0.15) is 29.8 Å². The number of furan rings is 1. The lowest BCUT2D eigenvalue weighted by molar-refractivity contribution is 0.0923. The molecule has 106 valence electrons. The number of hydrogen-bond donors (Lipinski definition) is 3. The molecule has 6 heteroatoms. The first kappa shape index (κ1) is 12.9. The number of nitrogens with zero attached hydrogens (tertiary/aromatic N) is 1. The van der Waals surface area contributed by atoms with E-state index in [1.54, 1.807) is 18.4 Å². The van der Waals surface area contributed by atoms with Crippen LogP contribution >= 0.6 is 0 Å². The van der Waals surface area contributed by atoms with Crippen molar-refractivity contribution in [3.8, 4) is 11.5 Å². The molecule has 6 nitrogen and oxygen atoms in total. The zero-order valence-electron chi connectivity index (χ0n) is 11.1. The Morgan fingerprint density at radius 3 is 3.20 bits per heavy atom. The number of aromatic nitrogens is 2. The summed E-state index contributed by atoms with van der Waals surface area (Å²) in [5.74, 6) is 0.879. The van der Waals surface area contributed by atoms with Crippen LogP contribution in [0.4, 0.5) is 0 Å². The van der Waals surface area contributed by atoms with Crippen LogP contribution in [0.25, 0.3) is 11.5 Å².